The van der Waals surface area contributed by atoms with Crippen molar-refractivity contribution in [1.82, 2.24) is 15.1 Å². The minimum Gasteiger partial charge on any atom is -0.387 e. The van der Waals surface area contributed by atoms with Gasteiger partial charge in [0.25, 0.3) is 5.89 Å². The van der Waals surface area contributed by atoms with E-state index in [2.05, 4.69) is 20.4 Å². The fraction of sp³-hybridized carbons (Fsp3) is 0.133. The van der Waals surface area contributed by atoms with Crippen molar-refractivity contribution in [2.45, 2.75) is 6.92 Å². The number of hydrogen-bond acceptors (Lipinski definition) is 5. The Morgan fingerprint density at radius 2 is 1.95 bits per heavy atom. The summed E-state index contributed by atoms with van der Waals surface area (Å²) < 4.78 is 5.36. The molecule has 0 saturated heterocycles. The first kappa shape index (κ1) is 12.3. The Balaban J connectivity index is 2.05. The van der Waals surface area contributed by atoms with E-state index in [1.807, 2.05) is 50.4 Å². The fourth-order valence-electron chi connectivity index (χ4n) is 2.04. The molecule has 0 spiro atoms. The second-order valence-electron chi connectivity index (χ2n) is 4.39. The van der Waals surface area contributed by atoms with Crippen molar-refractivity contribution in [1.29, 1.82) is 0 Å². The number of anilines is 1. The molecule has 0 amide bonds. The summed E-state index contributed by atoms with van der Waals surface area (Å²) >= 11 is 0. The highest BCUT2D eigenvalue weighted by molar-refractivity contribution is 5.73. The van der Waals surface area contributed by atoms with Crippen LogP contribution in [0, 0.1) is 6.92 Å². The lowest BCUT2D eigenvalue weighted by Gasteiger charge is -2.03. The van der Waals surface area contributed by atoms with Crippen molar-refractivity contribution in [2.75, 3.05) is 12.4 Å². The molecule has 2 heterocycles. The normalized spacial score (nSPS) is 10.5. The zero-order valence-corrected chi connectivity index (χ0v) is 11.3. The van der Waals surface area contributed by atoms with Gasteiger partial charge in [0.1, 0.15) is 5.69 Å². The lowest BCUT2D eigenvalue weighted by molar-refractivity contribution is 0.432. The molecule has 1 N–H and O–H groups in total. The van der Waals surface area contributed by atoms with E-state index < -0.39 is 0 Å². The number of benzene rings is 1. The molecule has 1 aromatic carbocycles. The monoisotopic (exact) mass is 266 g/mol. The van der Waals surface area contributed by atoms with Gasteiger partial charge in [0.15, 0.2) is 0 Å². The van der Waals surface area contributed by atoms with Gasteiger partial charge in [-0.25, -0.2) is 0 Å². The molecule has 0 fully saturated rings. The largest absolute Gasteiger partial charge is 0.387 e. The average Bonchev–Trinajstić information content (AvgIpc) is 2.97. The molecule has 0 aliphatic heterocycles. The number of nitrogens with one attached hydrogen (secondary N) is 1. The first-order chi connectivity index (χ1) is 9.79. The highest BCUT2D eigenvalue weighted by Crippen LogP contribution is 2.28. The summed E-state index contributed by atoms with van der Waals surface area (Å²) in [6.07, 6.45) is 1.72. The van der Waals surface area contributed by atoms with E-state index >= 15 is 0 Å². The van der Waals surface area contributed by atoms with Crippen LogP contribution in [0.25, 0.3) is 23.0 Å². The Morgan fingerprint density at radius 3 is 2.75 bits per heavy atom. The van der Waals surface area contributed by atoms with Crippen LogP contribution in [0.1, 0.15) is 5.56 Å². The molecular weight excluding hydrogens is 252 g/mol. The number of aromatic nitrogens is 3. The quantitative estimate of drug-likeness (QED) is 0.789. The van der Waals surface area contributed by atoms with E-state index in [0.717, 1.165) is 22.5 Å². The molecule has 5 nitrogen and oxygen atoms in total. The highest BCUT2D eigenvalue weighted by Gasteiger charge is 2.15. The summed E-state index contributed by atoms with van der Waals surface area (Å²) in [5.41, 5.74) is 3.58. The van der Waals surface area contributed by atoms with Crippen LogP contribution >= 0.6 is 0 Å². The van der Waals surface area contributed by atoms with Gasteiger partial charge in [0.05, 0.1) is 5.56 Å². The zero-order chi connectivity index (χ0) is 13.9. The third kappa shape index (κ3) is 2.14. The van der Waals surface area contributed by atoms with Gasteiger partial charge in [-0.1, -0.05) is 23.4 Å². The third-order valence-corrected chi connectivity index (χ3v) is 3.07. The van der Waals surface area contributed by atoms with Gasteiger partial charge >= 0.3 is 0 Å². The lowest BCUT2D eigenvalue weighted by Crippen LogP contribution is -1.92. The van der Waals surface area contributed by atoms with E-state index in [4.69, 9.17) is 4.52 Å². The van der Waals surface area contributed by atoms with Gasteiger partial charge in [-0.3, -0.25) is 4.98 Å². The molecule has 0 unspecified atom stereocenters. The van der Waals surface area contributed by atoms with Crippen LogP contribution in [-0.2, 0) is 0 Å². The number of pyridine rings is 1. The van der Waals surface area contributed by atoms with Crippen LogP contribution in [0.3, 0.4) is 0 Å². The van der Waals surface area contributed by atoms with Gasteiger partial charge in [0, 0.05) is 18.9 Å². The van der Waals surface area contributed by atoms with E-state index in [0.29, 0.717) is 11.7 Å². The van der Waals surface area contributed by atoms with Crippen molar-refractivity contribution < 1.29 is 4.52 Å². The summed E-state index contributed by atoms with van der Waals surface area (Å²) in [5, 5.41) is 7.13. The molecule has 2 aromatic heterocycles. The summed E-state index contributed by atoms with van der Waals surface area (Å²) in [6.45, 7) is 1.97. The molecule has 0 aliphatic carbocycles. The zero-order valence-electron chi connectivity index (χ0n) is 11.3. The second-order valence-corrected chi connectivity index (χ2v) is 4.39. The summed E-state index contributed by atoms with van der Waals surface area (Å²) in [7, 11) is 1.86. The second kappa shape index (κ2) is 5.13. The van der Waals surface area contributed by atoms with Crippen LogP contribution in [0.2, 0.25) is 0 Å². The Hall–Kier alpha value is -2.69. The maximum atomic E-state index is 5.36. The van der Waals surface area contributed by atoms with Crippen molar-refractivity contribution in [3.05, 3.63) is 48.2 Å². The predicted molar refractivity (Wildman–Crippen MR) is 77.2 cm³/mol. The van der Waals surface area contributed by atoms with E-state index in [1.165, 1.54) is 0 Å². The number of para-hydroxylation sites is 1. The van der Waals surface area contributed by atoms with Crippen molar-refractivity contribution >= 4 is 5.69 Å². The number of aryl methyl sites for hydroxylation is 1. The molecule has 3 rings (SSSR count). The van der Waals surface area contributed by atoms with Gasteiger partial charge in [0.2, 0.25) is 5.82 Å². The molecule has 0 atom stereocenters. The summed E-state index contributed by atoms with van der Waals surface area (Å²) in [5.74, 6) is 0.985. The Kier molecular flexibility index (Phi) is 3.16. The molecule has 5 heteroatoms. The van der Waals surface area contributed by atoms with E-state index in [1.54, 1.807) is 6.20 Å². The van der Waals surface area contributed by atoms with Crippen LogP contribution < -0.4 is 5.32 Å². The van der Waals surface area contributed by atoms with Gasteiger partial charge in [-0.2, -0.15) is 4.98 Å². The van der Waals surface area contributed by atoms with Crippen molar-refractivity contribution in [2.24, 2.45) is 0 Å². The lowest BCUT2D eigenvalue weighted by atomic mass is 10.1. The Labute approximate surface area is 116 Å². The minimum atomic E-state index is 0.481. The molecule has 0 bridgehead atoms. The van der Waals surface area contributed by atoms with Gasteiger partial charge in [-0.15, -0.1) is 0 Å². The maximum Gasteiger partial charge on any atom is 0.260 e. The van der Waals surface area contributed by atoms with Crippen LogP contribution in [-0.4, -0.2) is 22.2 Å². The number of nitrogens with zero attached hydrogens (tertiary/aromatic N) is 3. The Bertz CT molecular complexity index is 736. The number of hydrogen-bond donors (Lipinski definition) is 1. The van der Waals surface area contributed by atoms with Crippen LogP contribution in [0.5, 0.6) is 0 Å². The fourth-order valence-corrected chi connectivity index (χ4v) is 2.04. The number of rotatable bonds is 3. The average molecular weight is 266 g/mol. The first-order valence-corrected chi connectivity index (χ1v) is 6.32. The smallest absolute Gasteiger partial charge is 0.260 e. The minimum absolute atomic E-state index is 0.481. The van der Waals surface area contributed by atoms with Crippen LogP contribution in [0.15, 0.2) is 47.1 Å². The molecule has 3 aromatic rings. The van der Waals surface area contributed by atoms with E-state index in [9.17, 15) is 0 Å². The molecule has 0 aliphatic rings. The van der Waals surface area contributed by atoms with E-state index in [-0.39, 0.29) is 0 Å². The van der Waals surface area contributed by atoms with Crippen LogP contribution in [0.4, 0.5) is 5.69 Å². The first-order valence-electron chi connectivity index (χ1n) is 6.32. The van der Waals surface area contributed by atoms with Gasteiger partial charge < -0.3 is 9.84 Å². The SMILES string of the molecule is CNc1ccccc1-c1nc(-c2ncccc2C)no1. The molecule has 0 saturated carbocycles. The molecule has 0 radical (unpaired) electrons. The van der Waals surface area contributed by atoms with Crippen molar-refractivity contribution in [3.8, 4) is 23.0 Å². The van der Waals surface area contributed by atoms with Gasteiger partial charge in [-0.05, 0) is 30.7 Å². The maximum absolute atomic E-state index is 5.36. The summed E-state index contributed by atoms with van der Waals surface area (Å²) in [4.78, 5) is 8.74. The highest BCUT2D eigenvalue weighted by atomic mass is 16.5. The standard InChI is InChI=1S/C15H14N4O/c1-10-6-5-9-17-13(10)14-18-15(20-19-14)11-7-3-4-8-12(11)16-2/h3-9,16H,1-2H3. The molecular formula is C15H14N4O. The summed E-state index contributed by atoms with van der Waals surface area (Å²) in [6, 6.07) is 11.7. The molecule has 20 heavy (non-hydrogen) atoms. The topological polar surface area (TPSA) is 63.8 Å². The Morgan fingerprint density at radius 1 is 1.10 bits per heavy atom. The predicted octanol–water partition coefficient (Wildman–Crippen LogP) is 3.15. The molecule has 100 valence electrons. The van der Waals surface area contributed by atoms with Crippen molar-refractivity contribution in [3.63, 3.8) is 0 Å². The third-order valence-electron chi connectivity index (χ3n) is 3.07.